The summed E-state index contributed by atoms with van der Waals surface area (Å²) in [5.74, 6) is 1.74. The lowest BCUT2D eigenvalue weighted by molar-refractivity contribution is -0.152. The molecule has 170 valence electrons. The van der Waals surface area contributed by atoms with E-state index in [4.69, 9.17) is 4.74 Å². The standard InChI is InChI=1S/C26H38N2O3/c1-26(2)17-24(29)28(25(30)18-26)15-7-5-4-6-14-27-16-13-20-19-9-8-10-23(31-3)21(19)11-12-22(20)27/h8-10,20,22H,4-7,11-18H2,1-3H3. The van der Waals surface area contributed by atoms with Crippen molar-refractivity contribution in [3.63, 3.8) is 0 Å². The lowest BCUT2D eigenvalue weighted by Gasteiger charge is -2.34. The zero-order chi connectivity index (χ0) is 22.0. The molecule has 2 atom stereocenters. The van der Waals surface area contributed by atoms with Crippen molar-refractivity contribution in [1.29, 1.82) is 0 Å². The predicted molar refractivity (Wildman–Crippen MR) is 122 cm³/mol. The molecular formula is C26H38N2O3. The molecule has 0 aromatic heterocycles. The molecular weight excluding hydrogens is 388 g/mol. The molecule has 3 aliphatic rings. The molecule has 2 unspecified atom stereocenters. The molecule has 0 N–H and O–H groups in total. The Hall–Kier alpha value is -1.88. The molecule has 0 bridgehead atoms. The van der Waals surface area contributed by atoms with Gasteiger partial charge in [-0.1, -0.05) is 38.8 Å². The number of rotatable bonds is 8. The van der Waals surface area contributed by atoms with Crippen molar-refractivity contribution < 1.29 is 14.3 Å². The van der Waals surface area contributed by atoms with Crippen LogP contribution in [0.15, 0.2) is 18.2 Å². The summed E-state index contributed by atoms with van der Waals surface area (Å²) in [6.07, 6.45) is 8.96. The number of carbonyl (C=O) groups excluding carboxylic acids is 2. The van der Waals surface area contributed by atoms with Crippen LogP contribution >= 0.6 is 0 Å². The first-order valence-corrected chi connectivity index (χ1v) is 12.1. The van der Waals surface area contributed by atoms with Gasteiger partial charge in [0, 0.05) is 31.3 Å². The molecule has 0 saturated carbocycles. The van der Waals surface area contributed by atoms with Gasteiger partial charge in [-0.3, -0.25) is 19.4 Å². The molecule has 2 fully saturated rings. The van der Waals surface area contributed by atoms with Gasteiger partial charge in [0.2, 0.25) is 11.8 Å². The second-order valence-corrected chi connectivity index (χ2v) is 10.4. The number of carbonyl (C=O) groups is 2. The maximum atomic E-state index is 12.3. The van der Waals surface area contributed by atoms with E-state index in [0.717, 1.165) is 31.6 Å². The highest BCUT2D eigenvalue weighted by atomic mass is 16.5. The fourth-order valence-corrected chi connectivity index (χ4v) is 6.02. The van der Waals surface area contributed by atoms with Crippen LogP contribution in [0.3, 0.4) is 0 Å². The summed E-state index contributed by atoms with van der Waals surface area (Å²) in [6, 6.07) is 7.22. The summed E-state index contributed by atoms with van der Waals surface area (Å²) in [5.41, 5.74) is 2.76. The zero-order valence-electron chi connectivity index (χ0n) is 19.5. The number of hydrogen-bond acceptors (Lipinski definition) is 4. The van der Waals surface area contributed by atoms with E-state index >= 15 is 0 Å². The van der Waals surface area contributed by atoms with Crippen LogP contribution < -0.4 is 4.74 Å². The molecule has 2 amide bonds. The van der Waals surface area contributed by atoms with E-state index in [-0.39, 0.29) is 17.2 Å². The molecule has 5 nitrogen and oxygen atoms in total. The second kappa shape index (κ2) is 9.32. The first kappa shape index (κ1) is 22.3. The van der Waals surface area contributed by atoms with Gasteiger partial charge < -0.3 is 4.74 Å². The van der Waals surface area contributed by atoms with Crippen LogP contribution in [0.2, 0.25) is 0 Å². The highest BCUT2D eigenvalue weighted by Gasteiger charge is 2.39. The highest BCUT2D eigenvalue weighted by Crippen LogP contribution is 2.44. The molecule has 5 heteroatoms. The Morgan fingerprint density at radius 3 is 2.42 bits per heavy atom. The predicted octanol–water partition coefficient (Wildman–Crippen LogP) is 4.53. The number of hydrogen-bond donors (Lipinski definition) is 0. The summed E-state index contributed by atoms with van der Waals surface area (Å²) < 4.78 is 5.60. The maximum Gasteiger partial charge on any atom is 0.229 e. The number of methoxy groups -OCH3 is 1. The maximum absolute atomic E-state index is 12.3. The zero-order valence-corrected chi connectivity index (χ0v) is 19.5. The minimum absolute atomic E-state index is 0.0126. The van der Waals surface area contributed by atoms with Gasteiger partial charge in [-0.25, -0.2) is 0 Å². The van der Waals surface area contributed by atoms with Gasteiger partial charge in [0.05, 0.1) is 7.11 Å². The largest absolute Gasteiger partial charge is 0.496 e. The number of ether oxygens (including phenoxy) is 1. The van der Waals surface area contributed by atoms with Crippen molar-refractivity contribution in [2.45, 2.75) is 83.6 Å². The van der Waals surface area contributed by atoms with Gasteiger partial charge in [-0.15, -0.1) is 0 Å². The molecule has 31 heavy (non-hydrogen) atoms. The van der Waals surface area contributed by atoms with Crippen LogP contribution in [0.25, 0.3) is 0 Å². The Morgan fingerprint density at radius 2 is 1.71 bits per heavy atom. The monoisotopic (exact) mass is 426 g/mol. The Morgan fingerprint density at radius 1 is 1.00 bits per heavy atom. The summed E-state index contributed by atoms with van der Waals surface area (Å²) in [5, 5.41) is 0. The molecule has 1 aromatic carbocycles. The molecule has 1 aliphatic carbocycles. The molecule has 0 radical (unpaired) electrons. The molecule has 2 saturated heterocycles. The number of piperidine rings is 1. The number of fused-ring (bicyclic) bond motifs is 3. The first-order chi connectivity index (χ1) is 14.9. The number of likely N-dealkylation sites (tertiary alicyclic amines) is 2. The van der Waals surface area contributed by atoms with Crippen LogP contribution in [-0.2, 0) is 16.0 Å². The van der Waals surface area contributed by atoms with Crippen molar-refractivity contribution in [3.8, 4) is 5.75 Å². The van der Waals surface area contributed by atoms with Gasteiger partial charge in [-0.2, -0.15) is 0 Å². The van der Waals surface area contributed by atoms with Crippen LogP contribution in [-0.4, -0.2) is 54.4 Å². The first-order valence-electron chi connectivity index (χ1n) is 12.1. The van der Waals surface area contributed by atoms with E-state index in [2.05, 4.69) is 23.1 Å². The fraction of sp³-hybridized carbons (Fsp3) is 0.692. The van der Waals surface area contributed by atoms with Gasteiger partial charge >= 0.3 is 0 Å². The Balaban J connectivity index is 1.19. The van der Waals surface area contributed by atoms with Crippen molar-refractivity contribution in [2.24, 2.45) is 5.41 Å². The third-order valence-corrected chi connectivity index (χ3v) is 7.58. The van der Waals surface area contributed by atoms with E-state index in [1.807, 2.05) is 13.8 Å². The van der Waals surface area contributed by atoms with E-state index in [1.165, 1.54) is 48.3 Å². The Bertz CT molecular complexity index is 799. The van der Waals surface area contributed by atoms with Crippen molar-refractivity contribution >= 4 is 11.8 Å². The topological polar surface area (TPSA) is 49.9 Å². The van der Waals surface area contributed by atoms with Gasteiger partial charge in [-0.05, 0) is 67.8 Å². The summed E-state index contributed by atoms with van der Waals surface area (Å²) >= 11 is 0. The average molecular weight is 427 g/mol. The Labute approximate surface area is 187 Å². The number of amides is 2. The highest BCUT2D eigenvalue weighted by molar-refractivity contribution is 5.98. The SMILES string of the molecule is COc1cccc2c1CCC1C2CCN1CCCCCCN1C(=O)CC(C)(C)CC1=O. The van der Waals surface area contributed by atoms with E-state index in [1.54, 1.807) is 7.11 Å². The number of nitrogens with zero attached hydrogens (tertiary/aromatic N) is 2. The minimum atomic E-state index is -0.178. The normalized spacial score (nSPS) is 25.5. The van der Waals surface area contributed by atoms with E-state index in [9.17, 15) is 9.59 Å². The van der Waals surface area contributed by atoms with Gasteiger partial charge in [0.15, 0.2) is 0 Å². The van der Waals surface area contributed by atoms with Crippen LogP contribution in [0, 0.1) is 5.41 Å². The summed E-state index contributed by atoms with van der Waals surface area (Å²) in [4.78, 5) is 28.7. The fourth-order valence-electron chi connectivity index (χ4n) is 6.02. The summed E-state index contributed by atoms with van der Waals surface area (Å²) in [7, 11) is 1.78. The van der Waals surface area contributed by atoms with E-state index < -0.39 is 0 Å². The van der Waals surface area contributed by atoms with Gasteiger partial charge in [0.1, 0.15) is 5.75 Å². The summed E-state index contributed by atoms with van der Waals surface area (Å²) in [6.45, 7) is 6.96. The second-order valence-electron chi connectivity index (χ2n) is 10.4. The molecule has 0 spiro atoms. The van der Waals surface area contributed by atoms with E-state index in [0.29, 0.717) is 31.3 Å². The lowest BCUT2D eigenvalue weighted by atomic mass is 9.79. The number of imide groups is 1. The van der Waals surface area contributed by atoms with Crippen molar-refractivity contribution in [1.82, 2.24) is 9.80 Å². The lowest BCUT2D eigenvalue weighted by Crippen LogP contribution is -2.46. The van der Waals surface area contributed by atoms with Crippen LogP contribution in [0.1, 0.15) is 82.3 Å². The molecule has 1 aromatic rings. The molecule has 2 heterocycles. The third kappa shape index (κ3) is 4.82. The van der Waals surface area contributed by atoms with Crippen molar-refractivity contribution in [3.05, 3.63) is 29.3 Å². The molecule has 4 rings (SSSR count). The molecule has 2 aliphatic heterocycles. The Kier molecular flexibility index (Phi) is 6.71. The quantitative estimate of drug-likeness (QED) is 0.452. The van der Waals surface area contributed by atoms with Crippen LogP contribution in [0.4, 0.5) is 0 Å². The third-order valence-electron chi connectivity index (χ3n) is 7.58. The minimum Gasteiger partial charge on any atom is -0.496 e. The number of unbranched alkanes of at least 4 members (excludes halogenated alkanes) is 3. The van der Waals surface area contributed by atoms with Crippen LogP contribution in [0.5, 0.6) is 5.75 Å². The smallest absolute Gasteiger partial charge is 0.229 e. The van der Waals surface area contributed by atoms with Gasteiger partial charge in [0.25, 0.3) is 0 Å². The number of benzene rings is 1. The average Bonchev–Trinajstić information content (AvgIpc) is 3.14. The van der Waals surface area contributed by atoms with Crippen molar-refractivity contribution in [2.75, 3.05) is 26.7 Å².